The van der Waals surface area contributed by atoms with Crippen molar-refractivity contribution in [3.8, 4) is 0 Å². The Balaban J connectivity index is 1.84. The van der Waals surface area contributed by atoms with Crippen LogP contribution in [-0.4, -0.2) is 18.4 Å². The predicted octanol–water partition coefficient (Wildman–Crippen LogP) is 3.12. The summed E-state index contributed by atoms with van der Waals surface area (Å²) in [5.74, 6) is -0.488. The zero-order valence-electron chi connectivity index (χ0n) is 11.4. The Hall–Kier alpha value is -1.66. The summed E-state index contributed by atoms with van der Waals surface area (Å²) in [7, 11) is 0. The lowest BCUT2D eigenvalue weighted by Crippen LogP contribution is -2.37. The Labute approximate surface area is 135 Å². The molecule has 1 aromatic carbocycles. The number of carbonyl (C=O) groups is 2. The van der Waals surface area contributed by atoms with Crippen LogP contribution in [0, 0.1) is 0 Å². The van der Waals surface area contributed by atoms with Crippen molar-refractivity contribution < 1.29 is 9.59 Å². The topological polar surface area (TPSA) is 58.2 Å². The average Bonchev–Trinajstić information content (AvgIpc) is 2.99. The minimum Gasteiger partial charge on any atom is -0.347 e. The molecule has 4 nitrogen and oxygen atoms in total. The average molecular weight is 367 g/mol. The van der Waals surface area contributed by atoms with Crippen molar-refractivity contribution in [1.82, 2.24) is 10.6 Å². The van der Waals surface area contributed by atoms with E-state index in [-0.39, 0.29) is 24.4 Å². The molecule has 2 amide bonds. The van der Waals surface area contributed by atoms with Gasteiger partial charge < -0.3 is 10.6 Å². The Bertz CT molecular complexity index is 628. The first kappa shape index (κ1) is 15.7. The molecule has 2 N–H and O–H groups in total. The first-order valence-corrected chi connectivity index (χ1v) is 8.10. The highest BCUT2D eigenvalue weighted by atomic mass is 79.9. The highest BCUT2D eigenvalue weighted by Gasteiger charge is 2.13. The number of carbonyl (C=O) groups excluding carboxylic acids is 2. The van der Waals surface area contributed by atoms with Gasteiger partial charge in [-0.15, -0.1) is 11.3 Å². The molecule has 0 aliphatic rings. The van der Waals surface area contributed by atoms with E-state index in [9.17, 15) is 9.59 Å². The summed E-state index contributed by atoms with van der Waals surface area (Å²) in [6.45, 7) is 1.87. The van der Waals surface area contributed by atoms with Gasteiger partial charge in [-0.3, -0.25) is 9.59 Å². The molecule has 6 heteroatoms. The SMILES string of the molecule is C[C@H](NC(=O)CNC(=O)c1ccccc1Br)c1cccs1. The molecule has 0 aliphatic carbocycles. The minimum atomic E-state index is -0.276. The Morgan fingerprint density at radius 2 is 2.00 bits per heavy atom. The first-order valence-electron chi connectivity index (χ1n) is 6.43. The molecule has 1 heterocycles. The quantitative estimate of drug-likeness (QED) is 0.853. The second kappa shape index (κ2) is 7.38. The van der Waals surface area contributed by atoms with Gasteiger partial charge in [0.2, 0.25) is 5.91 Å². The molecule has 0 aliphatic heterocycles. The normalized spacial score (nSPS) is 11.7. The highest BCUT2D eigenvalue weighted by molar-refractivity contribution is 9.10. The van der Waals surface area contributed by atoms with Crippen molar-refractivity contribution >= 4 is 39.1 Å². The number of halogens is 1. The molecule has 1 aromatic heterocycles. The lowest BCUT2D eigenvalue weighted by atomic mass is 10.2. The minimum absolute atomic E-state index is 0.0458. The number of amides is 2. The van der Waals surface area contributed by atoms with Crippen molar-refractivity contribution in [3.05, 3.63) is 56.7 Å². The lowest BCUT2D eigenvalue weighted by molar-refractivity contribution is -0.120. The number of nitrogens with one attached hydrogen (secondary N) is 2. The van der Waals surface area contributed by atoms with Crippen molar-refractivity contribution in [1.29, 1.82) is 0 Å². The second-order valence-corrected chi connectivity index (χ2v) is 6.30. The van der Waals surface area contributed by atoms with E-state index >= 15 is 0 Å². The van der Waals surface area contributed by atoms with Gasteiger partial charge in [0.1, 0.15) is 0 Å². The third-order valence-electron chi connectivity index (χ3n) is 2.88. The third-order valence-corrected chi connectivity index (χ3v) is 4.62. The molecular weight excluding hydrogens is 352 g/mol. The summed E-state index contributed by atoms with van der Waals surface area (Å²) in [5, 5.41) is 7.43. The number of benzene rings is 1. The maximum atomic E-state index is 12.0. The summed E-state index contributed by atoms with van der Waals surface area (Å²) in [6, 6.07) is 10.9. The monoisotopic (exact) mass is 366 g/mol. The summed E-state index contributed by atoms with van der Waals surface area (Å²) in [4.78, 5) is 24.9. The van der Waals surface area contributed by atoms with E-state index in [2.05, 4.69) is 26.6 Å². The molecule has 110 valence electrons. The molecule has 0 saturated heterocycles. The molecule has 0 spiro atoms. The summed E-state index contributed by atoms with van der Waals surface area (Å²) in [5.41, 5.74) is 0.511. The van der Waals surface area contributed by atoms with Gasteiger partial charge in [0.05, 0.1) is 18.2 Å². The zero-order valence-corrected chi connectivity index (χ0v) is 13.8. The van der Waals surface area contributed by atoms with Crippen LogP contribution in [0.15, 0.2) is 46.3 Å². The molecule has 0 saturated carbocycles. The van der Waals surface area contributed by atoms with Crippen LogP contribution in [-0.2, 0) is 4.79 Å². The summed E-state index contributed by atoms with van der Waals surface area (Å²) in [6.07, 6.45) is 0. The molecule has 2 rings (SSSR count). The van der Waals surface area contributed by atoms with Crippen LogP contribution < -0.4 is 10.6 Å². The fourth-order valence-electron chi connectivity index (χ4n) is 1.80. The van der Waals surface area contributed by atoms with Crippen LogP contribution >= 0.6 is 27.3 Å². The number of hydrogen-bond donors (Lipinski definition) is 2. The molecule has 1 atom stereocenters. The Morgan fingerprint density at radius 3 is 2.67 bits per heavy atom. The third kappa shape index (κ3) is 4.41. The maximum Gasteiger partial charge on any atom is 0.252 e. The largest absolute Gasteiger partial charge is 0.347 e. The molecule has 0 unspecified atom stereocenters. The van der Waals surface area contributed by atoms with E-state index in [1.165, 1.54) is 0 Å². The molecule has 21 heavy (non-hydrogen) atoms. The Kier molecular flexibility index (Phi) is 5.52. The van der Waals surface area contributed by atoms with Gasteiger partial charge in [-0.05, 0) is 46.4 Å². The summed E-state index contributed by atoms with van der Waals surface area (Å²) < 4.78 is 0.704. The van der Waals surface area contributed by atoms with Crippen LogP contribution in [0.5, 0.6) is 0 Å². The van der Waals surface area contributed by atoms with E-state index in [4.69, 9.17) is 0 Å². The fourth-order valence-corrected chi connectivity index (χ4v) is 3.00. The Morgan fingerprint density at radius 1 is 1.24 bits per heavy atom. The van der Waals surface area contributed by atoms with Crippen molar-refractivity contribution in [3.63, 3.8) is 0 Å². The van der Waals surface area contributed by atoms with Crippen LogP contribution in [0.3, 0.4) is 0 Å². The van der Waals surface area contributed by atoms with Gasteiger partial charge in [0.25, 0.3) is 5.91 Å². The maximum absolute atomic E-state index is 12.0. The van der Waals surface area contributed by atoms with Gasteiger partial charge >= 0.3 is 0 Å². The van der Waals surface area contributed by atoms with E-state index in [1.54, 1.807) is 29.5 Å². The summed E-state index contributed by atoms with van der Waals surface area (Å²) >= 11 is 4.90. The highest BCUT2D eigenvalue weighted by Crippen LogP contribution is 2.18. The number of rotatable bonds is 5. The van der Waals surface area contributed by atoms with Crippen LogP contribution in [0.1, 0.15) is 28.2 Å². The fraction of sp³-hybridized carbons (Fsp3) is 0.200. The van der Waals surface area contributed by atoms with Crippen molar-refractivity contribution in [2.24, 2.45) is 0 Å². The molecule has 0 radical (unpaired) electrons. The first-order chi connectivity index (χ1) is 10.1. The van der Waals surface area contributed by atoms with Crippen molar-refractivity contribution in [2.45, 2.75) is 13.0 Å². The van der Waals surface area contributed by atoms with E-state index in [0.29, 0.717) is 10.0 Å². The smallest absolute Gasteiger partial charge is 0.252 e. The van der Waals surface area contributed by atoms with Crippen LogP contribution in [0.2, 0.25) is 0 Å². The number of hydrogen-bond acceptors (Lipinski definition) is 3. The molecular formula is C15H15BrN2O2S. The lowest BCUT2D eigenvalue weighted by Gasteiger charge is -2.13. The predicted molar refractivity (Wildman–Crippen MR) is 87.4 cm³/mol. The van der Waals surface area contributed by atoms with E-state index in [1.807, 2.05) is 30.5 Å². The van der Waals surface area contributed by atoms with Gasteiger partial charge in [-0.1, -0.05) is 18.2 Å². The second-order valence-electron chi connectivity index (χ2n) is 4.47. The van der Waals surface area contributed by atoms with Crippen LogP contribution in [0.25, 0.3) is 0 Å². The van der Waals surface area contributed by atoms with E-state index in [0.717, 1.165) is 4.88 Å². The molecule has 2 aromatic rings. The van der Waals surface area contributed by atoms with Gasteiger partial charge in [0, 0.05) is 9.35 Å². The van der Waals surface area contributed by atoms with Gasteiger partial charge in [0.15, 0.2) is 0 Å². The molecule has 0 bridgehead atoms. The van der Waals surface area contributed by atoms with Gasteiger partial charge in [-0.2, -0.15) is 0 Å². The zero-order chi connectivity index (χ0) is 15.2. The molecule has 0 fully saturated rings. The van der Waals surface area contributed by atoms with Crippen molar-refractivity contribution in [2.75, 3.05) is 6.54 Å². The number of thiophene rings is 1. The van der Waals surface area contributed by atoms with Gasteiger partial charge in [-0.25, -0.2) is 0 Å². The van der Waals surface area contributed by atoms with E-state index < -0.39 is 0 Å². The standard InChI is InChI=1S/C15H15BrN2O2S/c1-10(13-7-4-8-21-13)18-14(19)9-17-15(20)11-5-2-3-6-12(11)16/h2-8,10H,9H2,1H3,(H,17,20)(H,18,19)/t10-/m0/s1. The van der Waals surface area contributed by atoms with Crippen LogP contribution in [0.4, 0.5) is 0 Å².